The third kappa shape index (κ3) is 4.50. The van der Waals surface area contributed by atoms with Crippen molar-refractivity contribution in [1.29, 1.82) is 0 Å². The fraction of sp³-hybridized carbons (Fsp3) is 0. The molecule has 0 radical (unpaired) electrons. The molecular weight excluding hydrogens is 458 g/mol. The second-order valence-electron chi connectivity index (χ2n) is 7.13. The second-order valence-corrected chi connectivity index (χ2v) is 7.95. The summed E-state index contributed by atoms with van der Waals surface area (Å²) < 4.78 is 11.1. The minimum absolute atomic E-state index is 0.163. The number of anilines is 1. The van der Waals surface area contributed by atoms with Crippen molar-refractivity contribution in [3.63, 3.8) is 0 Å². The predicted octanol–water partition coefficient (Wildman–Crippen LogP) is 6.42. The molecule has 0 unspecified atom stereocenters. The van der Waals surface area contributed by atoms with Crippen molar-refractivity contribution in [3.8, 4) is 11.5 Å². The Morgan fingerprint density at radius 3 is 2.73 bits per heavy atom. The van der Waals surface area contributed by atoms with E-state index in [4.69, 9.17) is 32.7 Å². The standard InChI is InChI=1S/C25H16ClN3O3S/c26-20-8-2-5-17-18(20)6-1-7-19(17)24-28-21-14-15(9-11-22(21)32-24)27-25(33)29-23(30)12-10-16-4-3-13-31-16/h1-14H,(H2,27,29,30,33). The van der Waals surface area contributed by atoms with Crippen molar-refractivity contribution in [1.82, 2.24) is 10.3 Å². The maximum absolute atomic E-state index is 12.0. The van der Waals surface area contributed by atoms with Crippen LogP contribution in [0, 0.1) is 0 Å². The third-order valence-corrected chi connectivity index (χ3v) is 5.46. The van der Waals surface area contributed by atoms with Gasteiger partial charge in [0.1, 0.15) is 11.3 Å². The van der Waals surface area contributed by atoms with Gasteiger partial charge in [0.05, 0.1) is 6.26 Å². The summed E-state index contributed by atoms with van der Waals surface area (Å²) in [7, 11) is 0. The first-order valence-electron chi connectivity index (χ1n) is 9.98. The van der Waals surface area contributed by atoms with E-state index in [-0.39, 0.29) is 11.0 Å². The molecular formula is C25H16ClN3O3S. The number of aromatic nitrogens is 1. The van der Waals surface area contributed by atoms with Gasteiger partial charge in [-0.25, -0.2) is 4.98 Å². The van der Waals surface area contributed by atoms with Gasteiger partial charge in [0.15, 0.2) is 10.7 Å². The Labute approximate surface area is 198 Å². The van der Waals surface area contributed by atoms with Crippen LogP contribution in [-0.4, -0.2) is 16.0 Å². The average molecular weight is 474 g/mol. The molecule has 0 aliphatic carbocycles. The zero-order valence-electron chi connectivity index (χ0n) is 17.0. The molecule has 6 nitrogen and oxygen atoms in total. The highest BCUT2D eigenvalue weighted by Gasteiger charge is 2.13. The molecule has 0 fully saturated rings. The summed E-state index contributed by atoms with van der Waals surface area (Å²) in [5.74, 6) is 0.696. The molecule has 0 aliphatic rings. The van der Waals surface area contributed by atoms with E-state index in [1.54, 1.807) is 36.4 Å². The predicted molar refractivity (Wildman–Crippen MR) is 134 cm³/mol. The topological polar surface area (TPSA) is 80.3 Å². The van der Waals surface area contributed by atoms with Gasteiger partial charge in [0, 0.05) is 27.7 Å². The molecule has 0 saturated heterocycles. The number of benzene rings is 3. The quantitative estimate of drug-likeness (QED) is 0.231. The third-order valence-electron chi connectivity index (χ3n) is 4.92. The number of rotatable bonds is 4. The summed E-state index contributed by atoms with van der Waals surface area (Å²) in [6.45, 7) is 0. The molecule has 0 spiro atoms. The first kappa shape index (κ1) is 20.9. The first-order valence-corrected chi connectivity index (χ1v) is 10.8. The molecule has 0 saturated carbocycles. The number of furan rings is 1. The van der Waals surface area contributed by atoms with Crippen LogP contribution in [0.4, 0.5) is 5.69 Å². The zero-order chi connectivity index (χ0) is 22.8. The summed E-state index contributed by atoms with van der Waals surface area (Å²) in [6, 6.07) is 20.5. The maximum atomic E-state index is 12.0. The Kier molecular flexibility index (Phi) is 5.64. The number of amides is 1. The highest BCUT2D eigenvalue weighted by Crippen LogP contribution is 2.33. The van der Waals surface area contributed by atoms with Crippen LogP contribution >= 0.6 is 23.8 Å². The normalized spacial score (nSPS) is 11.3. The lowest BCUT2D eigenvalue weighted by atomic mass is 10.0. The maximum Gasteiger partial charge on any atom is 0.250 e. The van der Waals surface area contributed by atoms with Crippen molar-refractivity contribution in [2.75, 3.05) is 5.32 Å². The van der Waals surface area contributed by atoms with Gasteiger partial charge in [-0.1, -0.05) is 35.9 Å². The number of thiocarbonyl (C=S) groups is 1. The molecule has 1 amide bonds. The van der Waals surface area contributed by atoms with E-state index in [0.717, 1.165) is 16.3 Å². The molecule has 2 N–H and O–H groups in total. The lowest BCUT2D eigenvalue weighted by molar-refractivity contribution is -0.115. The van der Waals surface area contributed by atoms with Crippen molar-refractivity contribution in [2.45, 2.75) is 0 Å². The lowest BCUT2D eigenvalue weighted by Crippen LogP contribution is -2.32. The van der Waals surface area contributed by atoms with E-state index in [0.29, 0.717) is 33.5 Å². The number of carbonyl (C=O) groups is 1. The highest BCUT2D eigenvalue weighted by molar-refractivity contribution is 7.80. The van der Waals surface area contributed by atoms with Crippen LogP contribution in [0.2, 0.25) is 5.02 Å². The van der Waals surface area contributed by atoms with Gasteiger partial charge in [0.2, 0.25) is 11.8 Å². The van der Waals surface area contributed by atoms with E-state index in [1.165, 1.54) is 12.3 Å². The van der Waals surface area contributed by atoms with Crippen LogP contribution in [0.3, 0.4) is 0 Å². The molecule has 5 aromatic rings. The first-order chi connectivity index (χ1) is 16.1. The van der Waals surface area contributed by atoms with Crippen molar-refractivity contribution in [3.05, 3.63) is 89.9 Å². The summed E-state index contributed by atoms with van der Waals surface area (Å²) in [5.41, 5.74) is 2.81. The molecule has 0 atom stereocenters. The minimum Gasteiger partial charge on any atom is -0.465 e. The van der Waals surface area contributed by atoms with Crippen LogP contribution < -0.4 is 10.6 Å². The fourth-order valence-corrected chi connectivity index (χ4v) is 3.89. The number of oxazole rings is 1. The van der Waals surface area contributed by atoms with E-state index in [1.807, 2.05) is 36.4 Å². The number of nitrogens with one attached hydrogen (secondary N) is 2. The Hall–Kier alpha value is -3.94. The molecule has 162 valence electrons. The largest absolute Gasteiger partial charge is 0.465 e. The van der Waals surface area contributed by atoms with Gasteiger partial charge in [0.25, 0.3) is 0 Å². The molecule has 2 heterocycles. The van der Waals surface area contributed by atoms with Crippen molar-refractivity contribution in [2.24, 2.45) is 0 Å². The Bertz CT molecular complexity index is 1520. The lowest BCUT2D eigenvalue weighted by Gasteiger charge is -2.07. The van der Waals surface area contributed by atoms with Crippen LogP contribution in [0.1, 0.15) is 5.76 Å². The van der Waals surface area contributed by atoms with Gasteiger partial charge in [-0.05, 0) is 66.1 Å². The molecule has 5 rings (SSSR count). The van der Waals surface area contributed by atoms with Crippen molar-refractivity contribution < 1.29 is 13.6 Å². The van der Waals surface area contributed by atoms with Gasteiger partial charge >= 0.3 is 0 Å². The van der Waals surface area contributed by atoms with Crippen LogP contribution in [0.25, 0.3) is 39.4 Å². The van der Waals surface area contributed by atoms with E-state index in [9.17, 15) is 4.79 Å². The Balaban J connectivity index is 1.34. The molecule has 3 aromatic carbocycles. The van der Waals surface area contributed by atoms with Crippen LogP contribution in [0.15, 0.2) is 87.9 Å². The Morgan fingerprint density at radius 1 is 1.03 bits per heavy atom. The van der Waals surface area contributed by atoms with Gasteiger partial charge < -0.3 is 14.2 Å². The van der Waals surface area contributed by atoms with Crippen molar-refractivity contribution >= 4 is 68.5 Å². The minimum atomic E-state index is -0.372. The second kappa shape index (κ2) is 8.90. The number of fused-ring (bicyclic) bond motifs is 2. The van der Waals surface area contributed by atoms with E-state index >= 15 is 0 Å². The smallest absolute Gasteiger partial charge is 0.250 e. The molecule has 8 heteroatoms. The summed E-state index contributed by atoms with van der Waals surface area (Å²) in [6.07, 6.45) is 4.43. The van der Waals surface area contributed by atoms with Gasteiger partial charge in [-0.3, -0.25) is 10.1 Å². The summed E-state index contributed by atoms with van der Waals surface area (Å²) >= 11 is 11.6. The average Bonchev–Trinajstić information content (AvgIpc) is 3.47. The van der Waals surface area contributed by atoms with Crippen LogP contribution in [0.5, 0.6) is 0 Å². The fourth-order valence-electron chi connectivity index (χ4n) is 3.44. The van der Waals surface area contributed by atoms with E-state index < -0.39 is 0 Å². The monoisotopic (exact) mass is 473 g/mol. The number of carbonyl (C=O) groups excluding carboxylic acids is 1. The van der Waals surface area contributed by atoms with Gasteiger partial charge in [-0.2, -0.15) is 0 Å². The zero-order valence-corrected chi connectivity index (χ0v) is 18.6. The summed E-state index contributed by atoms with van der Waals surface area (Å²) in [5, 5.41) is 8.31. The summed E-state index contributed by atoms with van der Waals surface area (Å²) in [4.78, 5) is 16.7. The highest BCUT2D eigenvalue weighted by atomic mass is 35.5. The Morgan fingerprint density at radius 2 is 1.88 bits per heavy atom. The molecule has 33 heavy (non-hydrogen) atoms. The van der Waals surface area contributed by atoms with Gasteiger partial charge in [-0.15, -0.1) is 0 Å². The molecule has 2 aromatic heterocycles. The molecule has 0 aliphatic heterocycles. The number of halogens is 1. The molecule has 0 bridgehead atoms. The van der Waals surface area contributed by atoms with E-state index in [2.05, 4.69) is 15.6 Å². The number of hydrogen-bond acceptors (Lipinski definition) is 5. The van der Waals surface area contributed by atoms with Crippen LogP contribution in [-0.2, 0) is 4.79 Å². The number of hydrogen-bond donors (Lipinski definition) is 2. The SMILES string of the molecule is O=C(C=Cc1ccco1)NC(=S)Nc1ccc2oc(-c3cccc4c(Cl)cccc34)nc2c1. The number of nitrogens with zero attached hydrogens (tertiary/aromatic N) is 1.